The first-order valence-corrected chi connectivity index (χ1v) is 6.71. The summed E-state index contributed by atoms with van der Waals surface area (Å²) in [5.41, 5.74) is 3.79. The normalized spacial score (nSPS) is 14.6. The van der Waals surface area contributed by atoms with Gasteiger partial charge in [-0.1, -0.05) is 18.2 Å². The summed E-state index contributed by atoms with van der Waals surface area (Å²) in [7, 11) is 0. The molecule has 3 aromatic rings. The molecule has 3 heteroatoms. The molecule has 1 aromatic carbocycles. The molecule has 0 fully saturated rings. The number of aromatic nitrogens is 2. The summed E-state index contributed by atoms with van der Waals surface area (Å²) in [5, 5.41) is 1.28. The van der Waals surface area contributed by atoms with Crippen LogP contribution >= 0.6 is 0 Å². The van der Waals surface area contributed by atoms with Gasteiger partial charge in [0.25, 0.3) is 0 Å². The number of hydrogen-bond donors (Lipinski definition) is 1. The molecular weight excluding hydrogens is 234 g/mol. The summed E-state index contributed by atoms with van der Waals surface area (Å²) in [6, 6.07) is 12.6. The molecule has 0 amide bonds. The molecule has 1 aliphatic heterocycles. The number of rotatable bonds is 1. The van der Waals surface area contributed by atoms with Crippen molar-refractivity contribution in [3.8, 4) is 0 Å². The van der Waals surface area contributed by atoms with Crippen LogP contribution in [0.2, 0.25) is 0 Å². The highest BCUT2D eigenvalue weighted by molar-refractivity contribution is 5.95. The first kappa shape index (κ1) is 10.6. The smallest absolute Gasteiger partial charge is 0.142 e. The fraction of sp³-hybridized carbons (Fsp3) is 0.188. The predicted octanol–water partition coefficient (Wildman–Crippen LogP) is 3.65. The van der Waals surface area contributed by atoms with E-state index < -0.39 is 0 Å². The van der Waals surface area contributed by atoms with E-state index >= 15 is 0 Å². The SMILES string of the molecule is c1ccc(N2CCCc3c[nH]c4ccnc2c34)cc1. The second-order valence-electron chi connectivity index (χ2n) is 4.96. The molecule has 4 rings (SSSR count). The number of nitrogens with zero attached hydrogens (tertiary/aromatic N) is 2. The summed E-state index contributed by atoms with van der Waals surface area (Å²) in [5.74, 6) is 1.08. The Bertz CT molecular complexity index is 715. The Morgan fingerprint density at radius 3 is 2.89 bits per heavy atom. The number of anilines is 2. The molecule has 2 aromatic heterocycles. The fourth-order valence-electron chi connectivity index (χ4n) is 2.92. The van der Waals surface area contributed by atoms with Gasteiger partial charge in [-0.15, -0.1) is 0 Å². The number of aryl methyl sites for hydroxylation is 1. The molecule has 0 spiro atoms. The Hall–Kier alpha value is -2.29. The van der Waals surface area contributed by atoms with Gasteiger partial charge >= 0.3 is 0 Å². The molecule has 3 heterocycles. The number of nitrogens with one attached hydrogen (secondary N) is 1. The molecule has 0 unspecified atom stereocenters. The van der Waals surface area contributed by atoms with Gasteiger partial charge in [0, 0.05) is 30.0 Å². The van der Waals surface area contributed by atoms with Crippen molar-refractivity contribution in [2.75, 3.05) is 11.4 Å². The number of H-pyrrole nitrogens is 1. The van der Waals surface area contributed by atoms with Gasteiger partial charge < -0.3 is 9.88 Å². The predicted molar refractivity (Wildman–Crippen MR) is 77.9 cm³/mol. The van der Waals surface area contributed by atoms with Crippen LogP contribution in [0.3, 0.4) is 0 Å². The largest absolute Gasteiger partial charge is 0.361 e. The van der Waals surface area contributed by atoms with Gasteiger partial charge in [0.1, 0.15) is 5.82 Å². The monoisotopic (exact) mass is 249 g/mol. The number of hydrogen-bond acceptors (Lipinski definition) is 2. The molecule has 1 N–H and O–H groups in total. The van der Waals surface area contributed by atoms with Gasteiger partial charge in [-0.2, -0.15) is 0 Å². The number of aromatic amines is 1. The molecule has 3 nitrogen and oxygen atoms in total. The van der Waals surface area contributed by atoms with Crippen molar-refractivity contribution in [1.82, 2.24) is 9.97 Å². The van der Waals surface area contributed by atoms with Crippen LogP contribution in [0.15, 0.2) is 48.8 Å². The van der Waals surface area contributed by atoms with Crippen molar-refractivity contribution in [3.05, 3.63) is 54.4 Å². The summed E-state index contributed by atoms with van der Waals surface area (Å²) in [4.78, 5) is 10.3. The molecule has 0 aliphatic carbocycles. The third-order valence-corrected chi connectivity index (χ3v) is 3.81. The molecule has 0 saturated carbocycles. The molecule has 1 aliphatic rings. The fourth-order valence-corrected chi connectivity index (χ4v) is 2.92. The van der Waals surface area contributed by atoms with E-state index in [1.54, 1.807) is 0 Å². The third kappa shape index (κ3) is 1.62. The van der Waals surface area contributed by atoms with Crippen LogP contribution in [-0.4, -0.2) is 16.5 Å². The van der Waals surface area contributed by atoms with E-state index in [4.69, 9.17) is 0 Å². The highest BCUT2D eigenvalue weighted by atomic mass is 15.2. The van der Waals surface area contributed by atoms with E-state index in [2.05, 4.69) is 57.5 Å². The van der Waals surface area contributed by atoms with E-state index in [9.17, 15) is 0 Å². The topological polar surface area (TPSA) is 31.9 Å². The number of para-hydroxylation sites is 1. The van der Waals surface area contributed by atoms with Gasteiger partial charge in [-0.3, -0.25) is 0 Å². The van der Waals surface area contributed by atoms with Gasteiger partial charge in [0.05, 0.1) is 5.52 Å². The number of pyridine rings is 1. The van der Waals surface area contributed by atoms with Crippen LogP contribution in [0, 0.1) is 0 Å². The standard InChI is InChI=1S/C16H15N3/c1-2-6-13(7-3-1)19-10-4-5-12-11-18-14-8-9-17-16(19)15(12)14/h1-3,6-9,11,18H,4-5,10H2. The molecule has 0 bridgehead atoms. The Morgan fingerprint density at radius 1 is 1.11 bits per heavy atom. The van der Waals surface area contributed by atoms with Gasteiger partial charge in [0.2, 0.25) is 0 Å². The average molecular weight is 249 g/mol. The minimum Gasteiger partial charge on any atom is -0.361 e. The minimum absolute atomic E-state index is 1.02. The summed E-state index contributed by atoms with van der Waals surface area (Å²) < 4.78 is 0. The highest BCUT2D eigenvalue weighted by Crippen LogP contribution is 2.35. The Kier molecular flexibility index (Phi) is 2.30. The molecule has 0 atom stereocenters. The Balaban J connectivity index is 1.96. The van der Waals surface area contributed by atoms with Crippen molar-refractivity contribution in [2.24, 2.45) is 0 Å². The second kappa shape index (κ2) is 4.12. The van der Waals surface area contributed by atoms with Crippen LogP contribution in [-0.2, 0) is 6.42 Å². The second-order valence-corrected chi connectivity index (χ2v) is 4.96. The van der Waals surface area contributed by atoms with E-state index in [1.807, 2.05) is 6.20 Å². The molecule has 0 saturated heterocycles. The van der Waals surface area contributed by atoms with Crippen LogP contribution in [0.1, 0.15) is 12.0 Å². The summed E-state index contributed by atoms with van der Waals surface area (Å²) in [6.45, 7) is 1.02. The first-order valence-electron chi connectivity index (χ1n) is 6.71. The van der Waals surface area contributed by atoms with E-state index in [0.29, 0.717) is 0 Å². The first-order chi connectivity index (χ1) is 9.43. The maximum Gasteiger partial charge on any atom is 0.142 e. The minimum atomic E-state index is 1.02. The Labute approximate surface area is 111 Å². The van der Waals surface area contributed by atoms with Crippen molar-refractivity contribution in [2.45, 2.75) is 12.8 Å². The van der Waals surface area contributed by atoms with E-state index in [0.717, 1.165) is 25.2 Å². The highest BCUT2D eigenvalue weighted by Gasteiger charge is 2.20. The van der Waals surface area contributed by atoms with Crippen molar-refractivity contribution in [3.63, 3.8) is 0 Å². The molecular formula is C16H15N3. The molecule has 94 valence electrons. The quantitative estimate of drug-likeness (QED) is 0.714. The summed E-state index contributed by atoms with van der Waals surface area (Å²) in [6.07, 6.45) is 6.28. The Morgan fingerprint density at radius 2 is 2.00 bits per heavy atom. The average Bonchev–Trinajstić information content (AvgIpc) is 2.78. The van der Waals surface area contributed by atoms with Crippen LogP contribution in [0.5, 0.6) is 0 Å². The van der Waals surface area contributed by atoms with Crippen molar-refractivity contribution >= 4 is 22.4 Å². The van der Waals surface area contributed by atoms with Crippen LogP contribution in [0.4, 0.5) is 11.5 Å². The maximum atomic E-state index is 4.63. The van der Waals surface area contributed by atoms with Gasteiger partial charge in [0.15, 0.2) is 0 Å². The van der Waals surface area contributed by atoms with E-state index in [1.165, 1.54) is 22.2 Å². The zero-order chi connectivity index (χ0) is 12.7. The number of benzene rings is 1. The van der Waals surface area contributed by atoms with Crippen molar-refractivity contribution in [1.29, 1.82) is 0 Å². The maximum absolute atomic E-state index is 4.63. The lowest BCUT2D eigenvalue weighted by Gasteiger charge is -2.23. The van der Waals surface area contributed by atoms with E-state index in [-0.39, 0.29) is 0 Å². The van der Waals surface area contributed by atoms with Gasteiger partial charge in [-0.25, -0.2) is 4.98 Å². The third-order valence-electron chi connectivity index (χ3n) is 3.81. The van der Waals surface area contributed by atoms with Gasteiger partial charge in [-0.05, 0) is 36.6 Å². The lowest BCUT2D eigenvalue weighted by atomic mass is 10.1. The van der Waals surface area contributed by atoms with Crippen molar-refractivity contribution < 1.29 is 0 Å². The van der Waals surface area contributed by atoms with Crippen LogP contribution in [0.25, 0.3) is 10.9 Å². The zero-order valence-electron chi connectivity index (χ0n) is 10.6. The molecule has 0 radical (unpaired) electrons. The van der Waals surface area contributed by atoms with Crippen LogP contribution < -0.4 is 4.90 Å². The summed E-state index contributed by atoms with van der Waals surface area (Å²) >= 11 is 0. The zero-order valence-corrected chi connectivity index (χ0v) is 10.6. The lowest BCUT2D eigenvalue weighted by Crippen LogP contribution is -2.18. The lowest BCUT2D eigenvalue weighted by molar-refractivity contribution is 0.818. The molecule has 19 heavy (non-hydrogen) atoms.